The van der Waals surface area contributed by atoms with Crippen LogP contribution in [0.5, 0.6) is 0 Å². The summed E-state index contributed by atoms with van der Waals surface area (Å²) in [6, 6.07) is 6.57. The van der Waals surface area contributed by atoms with Crippen LogP contribution >= 0.6 is 11.6 Å². The van der Waals surface area contributed by atoms with E-state index in [4.69, 9.17) is 23.1 Å². The molecule has 2 amide bonds. The molecule has 0 atom stereocenters. The monoisotopic (exact) mass is 347 g/mol. The summed E-state index contributed by atoms with van der Waals surface area (Å²) in [5, 5.41) is 12.1. The fourth-order valence-electron chi connectivity index (χ4n) is 2.46. The highest BCUT2D eigenvalue weighted by atomic mass is 35.5. The number of carbonyl (C=O) groups excluding carboxylic acids is 2. The van der Waals surface area contributed by atoms with Crippen LogP contribution in [0.2, 0.25) is 5.02 Å². The van der Waals surface area contributed by atoms with Crippen molar-refractivity contribution in [3.05, 3.63) is 35.0 Å². The zero-order valence-electron chi connectivity index (χ0n) is 13.0. The third-order valence-corrected chi connectivity index (χ3v) is 4.16. The number of rotatable bonds is 4. The molecule has 1 saturated heterocycles. The van der Waals surface area contributed by atoms with Gasteiger partial charge in [-0.2, -0.15) is 5.26 Å². The molecule has 0 aliphatic carbocycles. The summed E-state index contributed by atoms with van der Waals surface area (Å²) in [5.74, 6) is -1.02. The number of nitrogens with zero attached hydrogens (tertiary/aromatic N) is 2. The van der Waals surface area contributed by atoms with Gasteiger partial charge in [0.2, 0.25) is 5.91 Å². The maximum atomic E-state index is 12.2. The topological polar surface area (TPSA) is 125 Å². The number of anilines is 2. The Morgan fingerprint density at radius 2 is 2.04 bits per heavy atom. The largest absolute Gasteiger partial charge is 0.399 e. The van der Waals surface area contributed by atoms with Crippen molar-refractivity contribution in [1.82, 2.24) is 4.90 Å². The second kappa shape index (κ2) is 7.70. The summed E-state index contributed by atoms with van der Waals surface area (Å²) >= 11 is 6.01. The molecule has 7 nitrogen and oxygen atoms in total. The highest BCUT2D eigenvalue weighted by molar-refractivity contribution is 6.34. The van der Waals surface area contributed by atoms with Crippen LogP contribution in [0.4, 0.5) is 11.4 Å². The van der Waals surface area contributed by atoms with E-state index in [1.54, 1.807) is 12.1 Å². The van der Waals surface area contributed by atoms with E-state index in [0.717, 1.165) is 0 Å². The number of primary amides is 1. The molecule has 2 rings (SSSR count). The molecule has 0 unspecified atom stereocenters. The summed E-state index contributed by atoms with van der Waals surface area (Å²) in [7, 11) is 0. The Bertz CT molecular complexity index is 718. The molecule has 24 heavy (non-hydrogen) atoms. The summed E-state index contributed by atoms with van der Waals surface area (Å²) in [4.78, 5) is 25.2. The van der Waals surface area contributed by atoms with E-state index in [-0.39, 0.29) is 17.4 Å². The number of nitrogen functional groups attached to an aromatic ring is 1. The van der Waals surface area contributed by atoms with Crippen molar-refractivity contribution in [2.75, 3.05) is 24.1 Å². The highest BCUT2D eigenvalue weighted by Crippen LogP contribution is 2.24. The number of nitrogens with two attached hydrogens (primary N) is 2. The fraction of sp³-hybridized carbons (Fsp3) is 0.312. The maximum absolute atomic E-state index is 12.2. The average Bonchev–Trinajstić information content (AvgIpc) is 2.55. The molecule has 1 aliphatic heterocycles. The summed E-state index contributed by atoms with van der Waals surface area (Å²) in [5.41, 5.74) is 11.7. The maximum Gasteiger partial charge on any atom is 0.267 e. The van der Waals surface area contributed by atoms with Crippen molar-refractivity contribution in [2.24, 2.45) is 11.7 Å². The standard InChI is InChI=1S/C16H18ClN5O2/c17-13-7-12(19)1-2-14(13)21-16(24)11(8-18)9-22-5-3-10(4-6-22)15(20)23/h1-2,7,9-10H,3-6,19H2,(H2,20,23)(H,21,24)/b11-9-. The van der Waals surface area contributed by atoms with Gasteiger partial charge in [-0.1, -0.05) is 11.6 Å². The molecule has 5 N–H and O–H groups in total. The Morgan fingerprint density at radius 3 is 2.58 bits per heavy atom. The number of piperidine rings is 1. The van der Waals surface area contributed by atoms with Crippen LogP contribution in [0.25, 0.3) is 0 Å². The molecule has 1 aromatic carbocycles. The number of likely N-dealkylation sites (tertiary alicyclic amines) is 1. The molecule has 0 aromatic heterocycles. The molecule has 1 fully saturated rings. The van der Waals surface area contributed by atoms with Crippen LogP contribution in [0, 0.1) is 17.2 Å². The third kappa shape index (κ3) is 4.40. The van der Waals surface area contributed by atoms with E-state index in [0.29, 0.717) is 42.3 Å². The van der Waals surface area contributed by atoms with Gasteiger partial charge in [0.15, 0.2) is 0 Å². The van der Waals surface area contributed by atoms with E-state index in [1.807, 2.05) is 11.0 Å². The summed E-state index contributed by atoms with van der Waals surface area (Å²) in [6.45, 7) is 1.13. The minimum atomic E-state index is -0.554. The van der Waals surface area contributed by atoms with Crippen molar-refractivity contribution in [3.8, 4) is 6.07 Å². The van der Waals surface area contributed by atoms with Crippen LogP contribution in [-0.4, -0.2) is 29.8 Å². The number of halogens is 1. The van der Waals surface area contributed by atoms with E-state index >= 15 is 0 Å². The Balaban J connectivity index is 2.04. The molecule has 126 valence electrons. The first-order chi connectivity index (χ1) is 11.4. The van der Waals surface area contributed by atoms with Crippen molar-refractivity contribution >= 4 is 34.8 Å². The van der Waals surface area contributed by atoms with Crippen molar-refractivity contribution in [3.63, 3.8) is 0 Å². The van der Waals surface area contributed by atoms with Gasteiger partial charge >= 0.3 is 0 Å². The van der Waals surface area contributed by atoms with Crippen LogP contribution < -0.4 is 16.8 Å². The molecule has 8 heteroatoms. The molecule has 0 saturated carbocycles. The normalized spacial score (nSPS) is 15.7. The Labute approximate surface area is 144 Å². The van der Waals surface area contributed by atoms with E-state index in [9.17, 15) is 14.9 Å². The van der Waals surface area contributed by atoms with Gasteiger partial charge in [0.25, 0.3) is 5.91 Å². The van der Waals surface area contributed by atoms with Crippen LogP contribution in [-0.2, 0) is 9.59 Å². The van der Waals surface area contributed by atoms with E-state index in [2.05, 4.69) is 5.32 Å². The average molecular weight is 348 g/mol. The number of nitriles is 1. The van der Waals surface area contributed by atoms with Gasteiger partial charge in [0.05, 0.1) is 10.7 Å². The number of carbonyl (C=O) groups is 2. The Morgan fingerprint density at radius 1 is 1.38 bits per heavy atom. The quantitative estimate of drug-likeness (QED) is 0.432. The number of nitrogens with one attached hydrogen (secondary N) is 1. The van der Waals surface area contributed by atoms with Gasteiger partial charge in [-0.25, -0.2) is 0 Å². The van der Waals surface area contributed by atoms with Gasteiger partial charge in [-0.3, -0.25) is 9.59 Å². The van der Waals surface area contributed by atoms with Gasteiger partial charge in [0.1, 0.15) is 11.6 Å². The number of hydrogen-bond acceptors (Lipinski definition) is 5. The predicted octanol–water partition coefficient (Wildman–Crippen LogP) is 1.47. The van der Waals surface area contributed by atoms with E-state index < -0.39 is 5.91 Å². The fourth-order valence-corrected chi connectivity index (χ4v) is 2.69. The summed E-state index contributed by atoms with van der Waals surface area (Å²) < 4.78 is 0. The molecule has 0 spiro atoms. The number of benzene rings is 1. The Hall–Kier alpha value is -2.72. The minimum Gasteiger partial charge on any atom is -0.399 e. The van der Waals surface area contributed by atoms with Crippen molar-refractivity contribution in [2.45, 2.75) is 12.8 Å². The molecule has 0 radical (unpaired) electrons. The lowest BCUT2D eigenvalue weighted by molar-refractivity contribution is -0.123. The van der Waals surface area contributed by atoms with Gasteiger partial charge in [0, 0.05) is 30.9 Å². The lowest BCUT2D eigenvalue weighted by atomic mass is 9.96. The molecule has 0 bridgehead atoms. The van der Waals surface area contributed by atoms with Crippen LogP contribution in [0.3, 0.4) is 0 Å². The minimum absolute atomic E-state index is 0.0413. The number of hydrogen-bond donors (Lipinski definition) is 3. The Kier molecular flexibility index (Phi) is 5.66. The van der Waals surface area contributed by atoms with Crippen LogP contribution in [0.15, 0.2) is 30.0 Å². The zero-order chi connectivity index (χ0) is 17.7. The zero-order valence-corrected chi connectivity index (χ0v) is 13.7. The lowest BCUT2D eigenvalue weighted by Gasteiger charge is -2.29. The molecular weight excluding hydrogens is 330 g/mol. The second-order valence-corrected chi connectivity index (χ2v) is 5.97. The van der Waals surface area contributed by atoms with E-state index in [1.165, 1.54) is 12.3 Å². The van der Waals surface area contributed by atoms with Crippen molar-refractivity contribution < 1.29 is 9.59 Å². The molecule has 1 aliphatic rings. The highest BCUT2D eigenvalue weighted by Gasteiger charge is 2.22. The first-order valence-electron chi connectivity index (χ1n) is 7.42. The van der Waals surface area contributed by atoms with Gasteiger partial charge in [-0.05, 0) is 31.0 Å². The molecular formula is C16H18ClN5O2. The molecule has 1 aromatic rings. The van der Waals surface area contributed by atoms with Gasteiger partial charge < -0.3 is 21.7 Å². The molecule has 1 heterocycles. The van der Waals surface area contributed by atoms with Crippen molar-refractivity contribution in [1.29, 1.82) is 5.26 Å². The first kappa shape index (κ1) is 17.6. The van der Waals surface area contributed by atoms with Gasteiger partial charge in [-0.15, -0.1) is 0 Å². The summed E-state index contributed by atoms with van der Waals surface area (Å²) in [6.07, 6.45) is 2.71. The SMILES string of the molecule is N#C/C(=C/N1CCC(C(N)=O)CC1)C(=O)Nc1ccc(N)cc1Cl. The number of amides is 2. The predicted molar refractivity (Wildman–Crippen MR) is 91.7 cm³/mol. The van der Waals surface area contributed by atoms with Crippen LogP contribution in [0.1, 0.15) is 12.8 Å². The second-order valence-electron chi connectivity index (χ2n) is 5.56. The smallest absolute Gasteiger partial charge is 0.267 e. The third-order valence-electron chi connectivity index (χ3n) is 3.85. The first-order valence-corrected chi connectivity index (χ1v) is 7.80. The lowest BCUT2D eigenvalue weighted by Crippen LogP contribution is -2.36.